The third kappa shape index (κ3) is 3.49. The summed E-state index contributed by atoms with van der Waals surface area (Å²) in [5.41, 5.74) is 1.01. The molecule has 1 fully saturated rings. The van der Waals surface area contributed by atoms with Gasteiger partial charge in [-0.2, -0.15) is 0 Å². The Morgan fingerprint density at radius 2 is 1.88 bits per heavy atom. The van der Waals surface area contributed by atoms with Crippen molar-refractivity contribution in [2.24, 2.45) is 0 Å². The van der Waals surface area contributed by atoms with E-state index in [1.165, 1.54) is 0 Å². The molecule has 2 heterocycles. The summed E-state index contributed by atoms with van der Waals surface area (Å²) in [4.78, 5) is 25.8. The third-order valence-electron chi connectivity index (χ3n) is 6.19. The Balaban J connectivity index is 2.02. The average molecular weight is 588 g/mol. The van der Waals surface area contributed by atoms with Gasteiger partial charge in [-0.05, 0) is 0 Å². The molecule has 0 aromatic heterocycles. The van der Waals surface area contributed by atoms with Crippen molar-refractivity contribution >= 4 is 28.3 Å². The number of carbonyl (C=O) groups is 2. The number of hydrogen-bond acceptors (Lipinski definition) is 5. The molecule has 5 atom stereocenters. The second-order valence-electron chi connectivity index (χ2n) is 9.00. The fourth-order valence-corrected chi connectivity index (χ4v) is 12.2. The minimum atomic E-state index is -2.15. The molecule has 0 radical (unpaired) electrons. The number of epoxide rings is 1. The number of carbonyl (C=O) groups excluding carboxylic acids is 2. The van der Waals surface area contributed by atoms with Crippen LogP contribution in [0.4, 0.5) is 0 Å². The number of Topliss-reactive ketones (excluding diaryl/α,β-unsaturated/α-hetero) is 1. The number of hydrogen-bond donors (Lipinski definition) is 0. The molecule has 3 rings (SSSR count). The van der Waals surface area contributed by atoms with E-state index in [1.807, 2.05) is 6.92 Å². The number of halogens is 1. The van der Waals surface area contributed by atoms with E-state index in [0.29, 0.717) is 11.1 Å². The zero-order valence-corrected chi connectivity index (χ0v) is 23.7. The molecule has 0 spiro atoms. The number of fused-ring (bicyclic) bond motifs is 1. The van der Waals surface area contributed by atoms with Crippen molar-refractivity contribution in [3.63, 3.8) is 0 Å². The summed E-state index contributed by atoms with van der Waals surface area (Å²) in [5, 5.41) is -0.00519. The number of ketones is 1. The van der Waals surface area contributed by atoms with E-state index < -0.39 is 49.8 Å². The molecular weight excluding hydrogens is 560 g/mol. The first-order valence-electron chi connectivity index (χ1n) is 9.42. The Morgan fingerprint density at radius 1 is 1.23 bits per heavy atom. The van der Waals surface area contributed by atoms with Gasteiger partial charge in [-0.3, -0.25) is 0 Å². The zero-order valence-electron chi connectivity index (χ0n) is 16.4. The maximum atomic E-state index is 12.9. The van der Waals surface area contributed by atoms with Crippen LogP contribution >= 0.6 is 8.25 Å². The first-order chi connectivity index (χ1) is 12.0. The molecule has 5 nitrogen and oxygen atoms in total. The molecule has 0 saturated carbocycles. The molecule has 1 saturated heterocycles. The number of ether oxygens (including phenoxy) is 2. The van der Waals surface area contributed by atoms with Crippen LogP contribution < -0.4 is 0 Å². The van der Waals surface area contributed by atoms with E-state index in [1.54, 1.807) is 0 Å². The van der Waals surface area contributed by atoms with E-state index in [2.05, 4.69) is 33.9 Å². The number of rotatable bonds is 5. The van der Waals surface area contributed by atoms with E-state index in [-0.39, 0.29) is 26.5 Å². The minimum absolute atomic E-state index is 0.00519. The first kappa shape index (κ1) is 21.0. The molecular formula is C18H27ClHgO5Si. The van der Waals surface area contributed by atoms with Crippen LogP contribution in [0.5, 0.6) is 0 Å². The normalized spacial score (nSPS) is 34.0. The standard InChI is InChI=1S/C18H27O5Si.ClH.Hg/c1-7-8-10-9-11-12(17(20)21-10)14(16-15(22-16)13(11)19)23-24(5,6)18(2,3)4;;/h9-10,14-16H,7-8H2,1-6H3;1H;/q;;+1/p-1/t10-,14+,15+,16-;;/m0../s1. The van der Waals surface area contributed by atoms with Gasteiger partial charge in [0, 0.05) is 0 Å². The monoisotopic (exact) mass is 588 g/mol. The van der Waals surface area contributed by atoms with E-state index >= 15 is 0 Å². The summed E-state index contributed by atoms with van der Waals surface area (Å²) in [5.74, 6) is -0.456. The van der Waals surface area contributed by atoms with Crippen LogP contribution in [0.1, 0.15) is 40.5 Å². The summed E-state index contributed by atoms with van der Waals surface area (Å²) in [6, 6.07) is 0. The molecule has 0 amide bonds. The van der Waals surface area contributed by atoms with Gasteiger partial charge in [0.1, 0.15) is 0 Å². The number of cyclic esters (lactones) is 1. The Morgan fingerprint density at radius 3 is 2.42 bits per heavy atom. The van der Waals surface area contributed by atoms with Crippen LogP contribution in [-0.2, 0) is 46.8 Å². The van der Waals surface area contributed by atoms with Gasteiger partial charge in [0.25, 0.3) is 0 Å². The Hall–Kier alpha value is 0.242. The van der Waals surface area contributed by atoms with Crippen molar-refractivity contribution < 1.29 is 46.8 Å². The van der Waals surface area contributed by atoms with Crippen molar-refractivity contribution in [3.8, 4) is 0 Å². The van der Waals surface area contributed by atoms with Crippen molar-refractivity contribution in [2.45, 2.75) is 86.5 Å². The van der Waals surface area contributed by atoms with Crippen LogP contribution in [0.25, 0.3) is 0 Å². The van der Waals surface area contributed by atoms with Crippen LogP contribution in [-0.4, -0.2) is 44.5 Å². The summed E-state index contributed by atoms with van der Waals surface area (Å²) < 4.78 is 17.9. The van der Waals surface area contributed by atoms with Gasteiger partial charge in [0.05, 0.1) is 0 Å². The summed E-state index contributed by atoms with van der Waals surface area (Å²) in [7, 11) is 4.28. The second-order valence-corrected chi connectivity index (χ2v) is 21.1. The molecule has 0 bridgehead atoms. The fourth-order valence-electron chi connectivity index (χ4n) is 3.59. The number of esters is 1. The van der Waals surface area contributed by atoms with Crippen molar-refractivity contribution in [1.82, 2.24) is 0 Å². The molecule has 0 aromatic carbocycles. The first-order valence-corrected chi connectivity index (χ1v) is 22.3. The van der Waals surface area contributed by atoms with Crippen molar-refractivity contribution in [3.05, 3.63) is 11.1 Å². The molecule has 0 N–H and O–H groups in total. The van der Waals surface area contributed by atoms with Crippen molar-refractivity contribution in [2.75, 3.05) is 0 Å². The average Bonchev–Trinajstić information content (AvgIpc) is 3.31. The van der Waals surface area contributed by atoms with Crippen LogP contribution in [0.2, 0.25) is 21.6 Å². The van der Waals surface area contributed by atoms with E-state index in [0.717, 1.165) is 12.8 Å². The zero-order chi connectivity index (χ0) is 19.4. The van der Waals surface area contributed by atoms with Crippen LogP contribution in [0.3, 0.4) is 0 Å². The van der Waals surface area contributed by atoms with Gasteiger partial charge < -0.3 is 0 Å². The molecule has 26 heavy (non-hydrogen) atoms. The quantitative estimate of drug-likeness (QED) is 0.279. The van der Waals surface area contributed by atoms with Gasteiger partial charge in [-0.25, -0.2) is 0 Å². The third-order valence-corrected chi connectivity index (χ3v) is 18.5. The maximum absolute atomic E-state index is 12.9. The predicted octanol–water partition coefficient (Wildman–Crippen LogP) is 3.77. The Bertz CT molecular complexity index is 656. The molecule has 142 valence electrons. The fraction of sp³-hybridized carbons (Fsp3) is 0.778. The van der Waals surface area contributed by atoms with Crippen LogP contribution in [0, 0.1) is 0 Å². The van der Waals surface area contributed by atoms with Gasteiger partial charge in [-0.1, -0.05) is 0 Å². The summed E-state index contributed by atoms with van der Waals surface area (Å²) in [6.07, 6.45) is 0.0771. The van der Waals surface area contributed by atoms with Gasteiger partial charge in [-0.15, -0.1) is 0 Å². The summed E-state index contributed by atoms with van der Waals surface area (Å²) in [6.45, 7) is 12.8. The Labute approximate surface area is 172 Å². The molecule has 2 aliphatic heterocycles. The second kappa shape index (κ2) is 7.25. The molecule has 0 unspecified atom stereocenters. The SMILES string of the molecule is CCC[C@@H]1OC(=O)C2=C(C(=O)[C@H]3O[C@H]3[C@@H]2O[Si](C)(C)C(C)(C)C)[C@H]1[Hg][Cl]. The molecule has 3 aliphatic rings. The topological polar surface area (TPSA) is 65.1 Å². The van der Waals surface area contributed by atoms with E-state index in [9.17, 15) is 9.59 Å². The molecule has 1 aliphatic carbocycles. The molecule has 0 aromatic rings. The van der Waals surface area contributed by atoms with E-state index in [4.69, 9.17) is 22.1 Å². The Kier molecular flexibility index (Phi) is 5.84. The van der Waals surface area contributed by atoms with Gasteiger partial charge in [0.2, 0.25) is 0 Å². The predicted molar refractivity (Wildman–Crippen MR) is 97.2 cm³/mol. The molecule has 8 heteroatoms. The van der Waals surface area contributed by atoms with Crippen LogP contribution in [0.15, 0.2) is 11.1 Å². The van der Waals surface area contributed by atoms with Gasteiger partial charge in [0.15, 0.2) is 0 Å². The van der Waals surface area contributed by atoms with Gasteiger partial charge >= 0.3 is 173 Å². The summed E-state index contributed by atoms with van der Waals surface area (Å²) >= 11 is -1.90. The van der Waals surface area contributed by atoms with Crippen molar-refractivity contribution in [1.29, 1.82) is 0 Å².